The van der Waals surface area contributed by atoms with Gasteiger partial charge in [-0.3, -0.25) is 10.1 Å². The van der Waals surface area contributed by atoms with Crippen molar-refractivity contribution in [1.82, 2.24) is 0 Å². The third-order valence-corrected chi connectivity index (χ3v) is 4.39. The molecule has 1 atom stereocenters. The van der Waals surface area contributed by atoms with Gasteiger partial charge in [0, 0.05) is 17.8 Å². The van der Waals surface area contributed by atoms with Crippen LogP contribution in [0, 0.1) is 10.1 Å². The Hall–Kier alpha value is -3.60. The van der Waals surface area contributed by atoms with Crippen molar-refractivity contribution < 1.29 is 4.92 Å². The largest absolute Gasteiger partial charge is 0.373 e. The van der Waals surface area contributed by atoms with Crippen molar-refractivity contribution in [3.63, 3.8) is 0 Å². The summed E-state index contributed by atoms with van der Waals surface area (Å²) >= 11 is 0. The number of fused-ring (bicyclic) bond motifs is 1. The lowest BCUT2D eigenvalue weighted by Crippen LogP contribution is -2.07. The van der Waals surface area contributed by atoms with Crippen molar-refractivity contribution in [2.45, 2.75) is 6.04 Å². The SMILES string of the molecule is O=[N+]([O-])c1ccc(C2C=C(c3ccccc3)Nc3ccccc3N2)cc1. The Morgan fingerprint density at radius 1 is 0.808 bits per heavy atom. The zero-order valence-corrected chi connectivity index (χ0v) is 13.9. The number of benzene rings is 3. The average molecular weight is 343 g/mol. The highest BCUT2D eigenvalue weighted by Gasteiger charge is 2.18. The van der Waals surface area contributed by atoms with Crippen molar-refractivity contribution in [2.75, 3.05) is 10.6 Å². The van der Waals surface area contributed by atoms with E-state index in [9.17, 15) is 10.1 Å². The van der Waals surface area contributed by atoms with Crippen LogP contribution < -0.4 is 10.6 Å². The van der Waals surface area contributed by atoms with E-state index in [1.165, 1.54) is 12.1 Å². The normalized spacial score (nSPS) is 15.7. The van der Waals surface area contributed by atoms with E-state index in [4.69, 9.17) is 0 Å². The van der Waals surface area contributed by atoms with Crippen molar-refractivity contribution in [1.29, 1.82) is 0 Å². The molecule has 1 aliphatic rings. The number of hydrogen-bond donors (Lipinski definition) is 2. The van der Waals surface area contributed by atoms with E-state index in [0.717, 1.165) is 28.2 Å². The van der Waals surface area contributed by atoms with E-state index in [1.54, 1.807) is 12.1 Å². The van der Waals surface area contributed by atoms with Crippen molar-refractivity contribution in [3.8, 4) is 0 Å². The molecule has 0 saturated heterocycles. The molecule has 0 saturated carbocycles. The summed E-state index contributed by atoms with van der Waals surface area (Å²) in [5, 5.41) is 17.9. The Bertz CT molecular complexity index is 966. The summed E-state index contributed by atoms with van der Waals surface area (Å²) in [5.74, 6) is 0. The van der Waals surface area contributed by atoms with Gasteiger partial charge in [-0.25, -0.2) is 0 Å². The van der Waals surface area contributed by atoms with Crippen molar-refractivity contribution >= 4 is 22.8 Å². The van der Waals surface area contributed by atoms with Crippen LogP contribution in [0.15, 0.2) is 84.9 Å². The van der Waals surface area contributed by atoms with E-state index in [0.29, 0.717) is 0 Å². The molecule has 3 aromatic carbocycles. The summed E-state index contributed by atoms with van der Waals surface area (Å²) in [6, 6.07) is 24.7. The van der Waals surface area contributed by atoms with Gasteiger partial charge in [0.2, 0.25) is 0 Å². The predicted octanol–water partition coefficient (Wildman–Crippen LogP) is 5.21. The molecular weight excluding hydrogens is 326 g/mol. The van der Waals surface area contributed by atoms with Crippen LogP contribution in [-0.2, 0) is 0 Å². The van der Waals surface area contributed by atoms with Gasteiger partial charge in [0.05, 0.1) is 22.3 Å². The first kappa shape index (κ1) is 15.9. The first-order valence-electron chi connectivity index (χ1n) is 8.35. The van der Waals surface area contributed by atoms with Crippen LogP contribution in [0.4, 0.5) is 17.1 Å². The minimum atomic E-state index is -0.383. The summed E-state index contributed by atoms with van der Waals surface area (Å²) in [5.41, 5.74) is 5.10. The number of rotatable bonds is 3. The zero-order chi connectivity index (χ0) is 17.9. The van der Waals surface area contributed by atoms with Gasteiger partial charge in [-0.15, -0.1) is 0 Å². The number of nitro benzene ring substituents is 1. The summed E-state index contributed by atoms with van der Waals surface area (Å²) in [6.45, 7) is 0. The maximum atomic E-state index is 10.9. The fourth-order valence-electron chi connectivity index (χ4n) is 3.05. The molecule has 0 bridgehead atoms. The second kappa shape index (κ2) is 6.72. The van der Waals surface area contributed by atoms with E-state index >= 15 is 0 Å². The predicted molar refractivity (Wildman–Crippen MR) is 104 cm³/mol. The molecule has 2 N–H and O–H groups in total. The van der Waals surface area contributed by atoms with E-state index in [1.807, 2.05) is 42.5 Å². The molecule has 1 aliphatic heterocycles. The summed E-state index contributed by atoms with van der Waals surface area (Å²) in [6.07, 6.45) is 2.11. The van der Waals surface area contributed by atoms with E-state index < -0.39 is 0 Å². The molecule has 26 heavy (non-hydrogen) atoms. The Balaban J connectivity index is 1.78. The molecule has 3 aromatic rings. The molecule has 0 fully saturated rings. The van der Waals surface area contributed by atoms with Gasteiger partial charge in [0.25, 0.3) is 5.69 Å². The summed E-state index contributed by atoms with van der Waals surface area (Å²) in [4.78, 5) is 10.5. The molecule has 0 spiro atoms. The van der Waals surface area contributed by atoms with Crippen LogP contribution in [0.25, 0.3) is 5.70 Å². The highest BCUT2D eigenvalue weighted by atomic mass is 16.6. The molecule has 5 heteroatoms. The highest BCUT2D eigenvalue weighted by Crippen LogP contribution is 2.35. The average Bonchev–Trinajstić information content (AvgIpc) is 2.88. The fraction of sp³-hybridized carbons (Fsp3) is 0.0476. The second-order valence-electron chi connectivity index (χ2n) is 6.09. The quantitative estimate of drug-likeness (QED) is 0.506. The van der Waals surface area contributed by atoms with Crippen LogP contribution in [0.3, 0.4) is 0 Å². The minimum Gasteiger partial charge on any atom is -0.373 e. The molecule has 0 radical (unpaired) electrons. The highest BCUT2D eigenvalue weighted by molar-refractivity contribution is 5.85. The maximum absolute atomic E-state index is 10.9. The summed E-state index contributed by atoms with van der Waals surface area (Å²) < 4.78 is 0. The van der Waals surface area contributed by atoms with Gasteiger partial charge in [0.1, 0.15) is 0 Å². The molecule has 1 heterocycles. The maximum Gasteiger partial charge on any atom is 0.269 e. The topological polar surface area (TPSA) is 67.2 Å². The molecule has 5 nitrogen and oxygen atoms in total. The molecular formula is C21H17N3O2. The first-order valence-corrected chi connectivity index (χ1v) is 8.35. The van der Waals surface area contributed by atoms with Gasteiger partial charge in [0.15, 0.2) is 0 Å². The zero-order valence-electron chi connectivity index (χ0n) is 13.9. The number of nitrogens with zero attached hydrogens (tertiary/aromatic N) is 1. The summed E-state index contributed by atoms with van der Waals surface area (Å²) in [7, 11) is 0. The third-order valence-electron chi connectivity index (χ3n) is 4.39. The van der Waals surface area contributed by atoms with Crippen LogP contribution in [0.1, 0.15) is 17.2 Å². The fourth-order valence-corrected chi connectivity index (χ4v) is 3.05. The Morgan fingerprint density at radius 3 is 2.15 bits per heavy atom. The van der Waals surface area contributed by atoms with Gasteiger partial charge >= 0.3 is 0 Å². The van der Waals surface area contributed by atoms with Gasteiger partial charge in [-0.05, 0) is 41.5 Å². The number of nitrogens with one attached hydrogen (secondary N) is 2. The lowest BCUT2D eigenvalue weighted by molar-refractivity contribution is -0.384. The monoisotopic (exact) mass is 343 g/mol. The van der Waals surface area contributed by atoms with Crippen LogP contribution in [0.2, 0.25) is 0 Å². The smallest absolute Gasteiger partial charge is 0.269 e. The lowest BCUT2D eigenvalue weighted by Gasteiger charge is -2.16. The Morgan fingerprint density at radius 2 is 1.46 bits per heavy atom. The van der Waals surface area contributed by atoms with Crippen LogP contribution >= 0.6 is 0 Å². The van der Waals surface area contributed by atoms with Gasteiger partial charge in [-0.2, -0.15) is 0 Å². The number of para-hydroxylation sites is 2. The number of non-ortho nitro benzene ring substituents is 1. The molecule has 0 aliphatic carbocycles. The third kappa shape index (κ3) is 3.15. The van der Waals surface area contributed by atoms with Gasteiger partial charge in [-0.1, -0.05) is 42.5 Å². The Labute approximate surface area is 151 Å². The van der Waals surface area contributed by atoms with E-state index in [-0.39, 0.29) is 16.7 Å². The minimum absolute atomic E-state index is 0.0909. The number of nitro groups is 1. The van der Waals surface area contributed by atoms with Crippen molar-refractivity contribution in [2.24, 2.45) is 0 Å². The van der Waals surface area contributed by atoms with Crippen molar-refractivity contribution in [3.05, 3.63) is 106 Å². The molecule has 128 valence electrons. The standard InChI is InChI=1S/C21H17N3O2/c25-24(26)17-12-10-16(11-13-17)21-14-20(15-6-2-1-3-7-15)22-18-8-4-5-9-19(18)23-21/h1-14,21-23H. The van der Waals surface area contributed by atoms with E-state index in [2.05, 4.69) is 28.8 Å². The van der Waals surface area contributed by atoms with Crippen LogP contribution in [0.5, 0.6) is 0 Å². The molecule has 4 rings (SSSR count). The first-order chi connectivity index (χ1) is 12.7. The molecule has 0 amide bonds. The second-order valence-corrected chi connectivity index (χ2v) is 6.09. The molecule has 0 aromatic heterocycles. The van der Waals surface area contributed by atoms with Gasteiger partial charge < -0.3 is 10.6 Å². The Kier molecular flexibility index (Phi) is 4.11. The number of hydrogen-bond acceptors (Lipinski definition) is 4. The number of anilines is 2. The lowest BCUT2D eigenvalue weighted by atomic mass is 10.0. The molecule has 1 unspecified atom stereocenters. The van der Waals surface area contributed by atoms with Crippen LogP contribution in [-0.4, -0.2) is 4.92 Å².